The van der Waals surface area contributed by atoms with Crippen molar-refractivity contribution in [2.75, 3.05) is 26.8 Å². The monoisotopic (exact) mass is 187 g/mol. The molecule has 2 N–H and O–H groups in total. The maximum absolute atomic E-state index is 11.8. The van der Waals surface area contributed by atoms with E-state index >= 15 is 0 Å². The highest BCUT2D eigenvalue weighted by Gasteiger charge is 2.46. The lowest BCUT2D eigenvalue weighted by atomic mass is 9.81. The van der Waals surface area contributed by atoms with Crippen molar-refractivity contribution in [2.24, 2.45) is 5.92 Å². The van der Waals surface area contributed by atoms with Crippen LogP contribution in [0.4, 0.5) is 0 Å². The van der Waals surface area contributed by atoms with Crippen LogP contribution in [0, 0.1) is 5.92 Å². The van der Waals surface area contributed by atoms with E-state index in [0.29, 0.717) is 0 Å². The highest BCUT2D eigenvalue weighted by Crippen LogP contribution is 2.26. The molecule has 0 aromatic heterocycles. The smallest absolute Gasteiger partial charge is 0.160 e. The van der Waals surface area contributed by atoms with Crippen LogP contribution < -0.4 is 0 Å². The minimum atomic E-state index is -1.04. The van der Waals surface area contributed by atoms with Crippen molar-refractivity contribution < 1.29 is 15.0 Å². The summed E-state index contributed by atoms with van der Waals surface area (Å²) < 4.78 is 0. The van der Waals surface area contributed by atoms with Crippen LogP contribution in [-0.2, 0) is 4.79 Å². The molecule has 13 heavy (non-hydrogen) atoms. The van der Waals surface area contributed by atoms with Gasteiger partial charge in [0.1, 0.15) is 5.54 Å². The number of rotatable bonds is 2. The molecule has 0 radical (unpaired) electrons. The molecule has 4 nitrogen and oxygen atoms in total. The lowest BCUT2D eigenvalue weighted by Crippen LogP contribution is -2.63. The third kappa shape index (κ3) is 1.49. The van der Waals surface area contributed by atoms with Crippen LogP contribution >= 0.6 is 0 Å². The van der Waals surface area contributed by atoms with Crippen molar-refractivity contribution in [1.29, 1.82) is 0 Å². The van der Waals surface area contributed by atoms with Crippen LogP contribution in [0.15, 0.2) is 0 Å². The molecule has 0 aliphatic carbocycles. The molecule has 0 aromatic carbocycles. The van der Waals surface area contributed by atoms with E-state index in [-0.39, 0.29) is 24.9 Å². The minimum absolute atomic E-state index is 0.0498. The number of carbonyl (C=O) groups is 1. The Hall–Kier alpha value is -0.450. The first kappa shape index (κ1) is 10.6. The molecule has 1 atom stereocenters. The molecule has 1 rings (SSSR count). The van der Waals surface area contributed by atoms with Gasteiger partial charge < -0.3 is 10.2 Å². The number of likely N-dealkylation sites (tertiary alicyclic amines) is 1. The second-order valence-electron chi connectivity index (χ2n) is 3.82. The lowest BCUT2D eigenvalue weighted by molar-refractivity contribution is -0.145. The molecule has 1 aliphatic heterocycles. The average molecular weight is 187 g/mol. The number of Topliss-reactive ketones (excluding diaryl/α,β-unsaturated/α-hetero) is 1. The van der Waals surface area contributed by atoms with Gasteiger partial charge in [0.25, 0.3) is 0 Å². The Bertz CT molecular complexity index is 201. The van der Waals surface area contributed by atoms with Gasteiger partial charge in [0.2, 0.25) is 0 Å². The molecule has 1 fully saturated rings. The molecule has 1 saturated heterocycles. The second kappa shape index (κ2) is 3.74. The molecule has 76 valence electrons. The van der Waals surface area contributed by atoms with Crippen molar-refractivity contribution >= 4 is 5.78 Å². The van der Waals surface area contributed by atoms with E-state index in [1.54, 1.807) is 11.9 Å². The van der Waals surface area contributed by atoms with Gasteiger partial charge in [-0.1, -0.05) is 6.92 Å². The van der Waals surface area contributed by atoms with Gasteiger partial charge in [-0.25, -0.2) is 0 Å². The highest BCUT2D eigenvalue weighted by atomic mass is 16.3. The number of hydrogen-bond donors (Lipinski definition) is 2. The fourth-order valence-corrected chi connectivity index (χ4v) is 1.83. The fourth-order valence-electron chi connectivity index (χ4n) is 1.83. The number of aliphatic hydroxyl groups is 2. The van der Waals surface area contributed by atoms with Crippen molar-refractivity contribution in [1.82, 2.24) is 4.90 Å². The Morgan fingerprint density at radius 1 is 1.54 bits per heavy atom. The summed E-state index contributed by atoms with van der Waals surface area (Å²) in [6.45, 7) is 1.98. The van der Waals surface area contributed by atoms with E-state index in [9.17, 15) is 15.0 Å². The van der Waals surface area contributed by atoms with Crippen LogP contribution in [0.25, 0.3) is 0 Å². The number of carbonyl (C=O) groups excluding carboxylic acids is 1. The van der Waals surface area contributed by atoms with Crippen LogP contribution in [0.3, 0.4) is 0 Å². The van der Waals surface area contributed by atoms with Gasteiger partial charge in [-0.05, 0) is 20.0 Å². The largest absolute Gasteiger partial charge is 0.394 e. The number of ketones is 1. The summed E-state index contributed by atoms with van der Waals surface area (Å²) >= 11 is 0. The summed E-state index contributed by atoms with van der Waals surface area (Å²) in [5.41, 5.74) is -1.04. The maximum atomic E-state index is 11.8. The number of aliphatic hydroxyl groups excluding tert-OH is 2. The summed E-state index contributed by atoms with van der Waals surface area (Å²) in [6, 6.07) is 0. The predicted molar refractivity (Wildman–Crippen MR) is 48.3 cm³/mol. The zero-order chi connectivity index (χ0) is 10.1. The van der Waals surface area contributed by atoms with Crippen LogP contribution in [0.5, 0.6) is 0 Å². The Balaban J connectivity index is 2.93. The lowest BCUT2D eigenvalue weighted by Gasteiger charge is -2.43. The number of hydrogen-bond acceptors (Lipinski definition) is 4. The summed E-state index contributed by atoms with van der Waals surface area (Å²) in [5, 5.41) is 18.4. The molecule has 0 aromatic rings. The first-order valence-electron chi connectivity index (χ1n) is 4.56. The van der Waals surface area contributed by atoms with Gasteiger partial charge in [0, 0.05) is 5.92 Å². The molecule has 0 spiro atoms. The van der Waals surface area contributed by atoms with E-state index in [0.717, 1.165) is 13.0 Å². The molecular formula is C9H17NO3. The van der Waals surface area contributed by atoms with E-state index < -0.39 is 5.54 Å². The molecule has 4 heteroatoms. The summed E-state index contributed by atoms with van der Waals surface area (Å²) in [4.78, 5) is 13.5. The summed E-state index contributed by atoms with van der Waals surface area (Å²) in [6.07, 6.45) is 0.803. The molecule has 0 amide bonds. The average Bonchev–Trinajstić information content (AvgIpc) is 2.15. The molecule has 1 heterocycles. The maximum Gasteiger partial charge on any atom is 0.160 e. The molecule has 0 saturated carbocycles. The van der Waals surface area contributed by atoms with Gasteiger partial charge in [-0.2, -0.15) is 0 Å². The zero-order valence-corrected chi connectivity index (χ0v) is 8.16. The Labute approximate surface area is 78.2 Å². The van der Waals surface area contributed by atoms with E-state index in [1.165, 1.54) is 0 Å². The van der Waals surface area contributed by atoms with Crippen molar-refractivity contribution in [3.63, 3.8) is 0 Å². The minimum Gasteiger partial charge on any atom is -0.394 e. The molecular weight excluding hydrogens is 170 g/mol. The Morgan fingerprint density at radius 3 is 2.46 bits per heavy atom. The topological polar surface area (TPSA) is 60.8 Å². The molecule has 1 aliphatic rings. The molecule has 0 bridgehead atoms. The number of piperidine rings is 1. The Morgan fingerprint density at radius 2 is 2.08 bits per heavy atom. The predicted octanol–water partition coefficient (Wildman–Crippen LogP) is -0.750. The fraction of sp³-hybridized carbons (Fsp3) is 0.889. The number of likely N-dealkylation sites (N-methyl/N-ethyl adjacent to an activating group) is 1. The van der Waals surface area contributed by atoms with Gasteiger partial charge >= 0.3 is 0 Å². The first-order valence-corrected chi connectivity index (χ1v) is 4.56. The SMILES string of the molecule is CC1CCN(C)C(CO)(CO)C1=O. The van der Waals surface area contributed by atoms with Crippen LogP contribution in [0.2, 0.25) is 0 Å². The van der Waals surface area contributed by atoms with E-state index in [2.05, 4.69) is 0 Å². The third-order valence-corrected chi connectivity index (χ3v) is 3.06. The van der Waals surface area contributed by atoms with Gasteiger partial charge in [-0.15, -0.1) is 0 Å². The quantitative estimate of drug-likeness (QED) is 0.597. The summed E-state index contributed by atoms with van der Waals surface area (Å²) in [5.74, 6) is -0.109. The standard InChI is InChI=1S/C9H17NO3/c1-7-3-4-10(2)9(5-11,6-12)8(7)13/h7,11-12H,3-6H2,1-2H3. The Kier molecular flexibility index (Phi) is 3.05. The normalized spacial score (nSPS) is 29.2. The van der Waals surface area contributed by atoms with Crippen molar-refractivity contribution in [3.8, 4) is 0 Å². The van der Waals surface area contributed by atoms with E-state index in [1.807, 2.05) is 6.92 Å². The third-order valence-electron chi connectivity index (χ3n) is 3.06. The van der Waals surface area contributed by atoms with Gasteiger partial charge in [0.15, 0.2) is 5.78 Å². The van der Waals surface area contributed by atoms with Crippen LogP contribution in [-0.4, -0.2) is 53.2 Å². The second-order valence-corrected chi connectivity index (χ2v) is 3.82. The molecule has 1 unspecified atom stereocenters. The van der Waals surface area contributed by atoms with Gasteiger partial charge in [0.05, 0.1) is 13.2 Å². The van der Waals surface area contributed by atoms with Crippen molar-refractivity contribution in [2.45, 2.75) is 18.9 Å². The number of nitrogens with zero attached hydrogens (tertiary/aromatic N) is 1. The van der Waals surface area contributed by atoms with E-state index in [4.69, 9.17) is 0 Å². The van der Waals surface area contributed by atoms with Crippen molar-refractivity contribution in [3.05, 3.63) is 0 Å². The van der Waals surface area contributed by atoms with Gasteiger partial charge in [-0.3, -0.25) is 9.69 Å². The summed E-state index contributed by atoms with van der Waals surface area (Å²) in [7, 11) is 1.76. The first-order chi connectivity index (χ1) is 6.08. The highest BCUT2D eigenvalue weighted by molar-refractivity contribution is 5.91. The zero-order valence-electron chi connectivity index (χ0n) is 8.16. The van der Waals surface area contributed by atoms with Crippen LogP contribution in [0.1, 0.15) is 13.3 Å².